The lowest BCUT2D eigenvalue weighted by Crippen LogP contribution is -2.18. The predicted octanol–water partition coefficient (Wildman–Crippen LogP) is 4.41. The Bertz CT molecular complexity index is 1040. The molecule has 7 heteroatoms. The van der Waals surface area contributed by atoms with Gasteiger partial charge in [0, 0.05) is 35.3 Å². The van der Waals surface area contributed by atoms with Crippen LogP contribution in [0.2, 0.25) is 5.02 Å². The summed E-state index contributed by atoms with van der Waals surface area (Å²) < 4.78 is 2.29. The van der Waals surface area contributed by atoms with E-state index < -0.39 is 0 Å². The molecule has 0 atom stereocenters. The van der Waals surface area contributed by atoms with Crippen LogP contribution in [0.5, 0.6) is 0 Å². The molecule has 29 heavy (non-hydrogen) atoms. The Morgan fingerprint density at radius 3 is 2.59 bits per heavy atom. The first-order valence-corrected chi connectivity index (χ1v) is 10.7. The van der Waals surface area contributed by atoms with Crippen molar-refractivity contribution in [2.75, 3.05) is 7.05 Å². The van der Waals surface area contributed by atoms with Crippen molar-refractivity contribution in [2.45, 2.75) is 57.5 Å². The first-order chi connectivity index (χ1) is 14.1. The summed E-state index contributed by atoms with van der Waals surface area (Å²) in [6.45, 7) is 3.61. The number of fused-ring (bicyclic) bond motifs is 3. The number of aromatic nitrogens is 5. The molecule has 1 aliphatic heterocycles. The van der Waals surface area contributed by atoms with Gasteiger partial charge >= 0.3 is 0 Å². The molecule has 0 N–H and O–H groups in total. The van der Waals surface area contributed by atoms with Gasteiger partial charge in [-0.25, -0.2) is 9.97 Å². The topological polar surface area (TPSA) is 59.7 Å². The number of aryl methyl sites for hydroxylation is 1. The van der Waals surface area contributed by atoms with E-state index >= 15 is 0 Å². The Morgan fingerprint density at radius 2 is 1.79 bits per heavy atom. The Kier molecular flexibility index (Phi) is 4.84. The molecular formula is C22H25ClN6. The zero-order valence-corrected chi connectivity index (χ0v) is 17.6. The van der Waals surface area contributed by atoms with Crippen molar-refractivity contribution < 1.29 is 0 Å². The summed E-state index contributed by atoms with van der Waals surface area (Å²) in [6.07, 6.45) is 6.32. The fraction of sp³-hybridized carbons (Fsp3) is 0.455. The number of rotatable bonds is 2. The quantitative estimate of drug-likeness (QED) is 0.628. The van der Waals surface area contributed by atoms with E-state index in [1.54, 1.807) is 0 Å². The van der Waals surface area contributed by atoms with E-state index in [4.69, 9.17) is 11.6 Å². The molecule has 0 bridgehead atoms. The molecule has 3 heterocycles. The summed E-state index contributed by atoms with van der Waals surface area (Å²) in [6, 6.07) is 8.22. The largest absolute Gasteiger partial charge is 0.295 e. The van der Waals surface area contributed by atoms with Crippen molar-refractivity contribution in [2.24, 2.45) is 0 Å². The number of hydrogen-bond acceptors (Lipinski definition) is 5. The molecule has 1 aromatic carbocycles. The maximum Gasteiger partial charge on any atom is 0.151 e. The van der Waals surface area contributed by atoms with Gasteiger partial charge in [0.05, 0.1) is 12.2 Å². The van der Waals surface area contributed by atoms with Crippen LogP contribution in [0.3, 0.4) is 0 Å². The molecule has 5 rings (SSSR count). The van der Waals surface area contributed by atoms with Crippen molar-refractivity contribution in [3.05, 3.63) is 64.2 Å². The first kappa shape index (κ1) is 18.7. The zero-order valence-electron chi connectivity index (χ0n) is 16.8. The minimum Gasteiger partial charge on any atom is -0.295 e. The van der Waals surface area contributed by atoms with Crippen LogP contribution in [0.25, 0.3) is 5.69 Å². The highest BCUT2D eigenvalue weighted by Gasteiger charge is 2.30. The molecule has 0 spiro atoms. The molecule has 3 aromatic rings. The maximum absolute atomic E-state index is 6.28. The molecule has 2 aromatic heterocycles. The fourth-order valence-electron chi connectivity index (χ4n) is 4.80. The van der Waals surface area contributed by atoms with Crippen LogP contribution in [0.1, 0.15) is 66.2 Å². The van der Waals surface area contributed by atoms with Gasteiger partial charge in [0.2, 0.25) is 0 Å². The summed E-state index contributed by atoms with van der Waals surface area (Å²) in [5.74, 6) is 3.89. The highest BCUT2D eigenvalue weighted by atomic mass is 35.5. The lowest BCUT2D eigenvalue weighted by atomic mass is 9.80. The Labute approximate surface area is 176 Å². The van der Waals surface area contributed by atoms with E-state index in [0.717, 1.165) is 61.3 Å². The van der Waals surface area contributed by atoms with Crippen LogP contribution >= 0.6 is 11.6 Å². The highest BCUT2D eigenvalue weighted by molar-refractivity contribution is 6.30. The van der Waals surface area contributed by atoms with Crippen molar-refractivity contribution in [1.29, 1.82) is 0 Å². The predicted molar refractivity (Wildman–Crippen MR) is 112 cm³/mol. The van der Waals surface area contributed by atoms with Crippen LogP contribution in [0.4, 0.5) is 0 Å². The van der Waals surface area contributed by atoms with Gasteiger partial charge < -0.3 is 0 Å². The average Bonchev–Trinajstić information content (AvgIpc) is 3.05. The minimum absolute atomic E-state index is 0.419. The molecule has 0 unspecified atom stereocenters. The van der Waals surface area contributed by atoms with Gasteiger partial charge in [-0.2, -0.15) is 0 Å². The van der Waals surface area contributed by atoms with Gasteiger partial charge in [0.25, 0.3) is 0 Å². The van der Waals surface area contributed by atoms with Crippen LogP contribution in [-0.2, 0) is 13.1 Å². The molecule has 2 aliphatic rings. The zero-order chi connectivity index (χ0) is 20.0. The summed E-state index contributed by atoms with van der Waals surface area (Å²) in [5, 5.41) is 10.0. The van der Waals surface area contributed by atoms with Gasteiger partial charge in [-0.1, -0.05) is 11.6 Å². The van der Waals surface area contributed by atoms with Crippen molar-refractivity contribution in [3.63, 3.8) is 0 Å². The Morgan fingerprint density at radius 1 is 1.00 bits per heavy atom. The normalized spacial score (nSPS) is 22.0. The van der Waals surface area contributed by atoms with E-state index in [1.165, 1.54) is 16.9 Å². The van der Waals surface area contributed by atoms with Gasteiger partial charge in [-0.05, 0) is 69.5 Å². The number of halogens is 1. The Hall–Kier alpha value is -2.31. The van der Waals surface area contributed by atoms with Crippen LogP contribution < -0.4 is 0 Å². The lowest BCUT2D eigenvalue weighted by molar-refractivity contribution is 0.315. The molecule has 0 saturated heterocycles. The number of benzene rings is 1. The monoisotopic (exact) mass is 408 g/mol. The summed E-state index contributed by atoms with van der Waals surface area (Å²) in [7, 11) is 2.11. The van der Waals surface area contributed by atoms with Crippen molar-refractivity contribution in [1.82, 2.24) is 29.6 Å². The SMILES string of the molecule is Cc1nccc([C@H]2CC[C@H](c3nnc4n3-c3ccc(Cl)cc3CN(C)C4)CC2)n1. The number of hydrogen-bond donors (Lipinski definition) is 0. The molecule has 1 fully saturated rings. The third-order valence-corrected chi connectivity index (χ3v) is 6.43. The Balaban J connectivity index is 1.44. The second-order valence-electron chi connectivity index (χ2n) is 8.33. The second kappa shape index (κ2) is 7.50. The average molecular weight is 409 g/mol. The summed E-state index contributed by atoms with van der Waals surface area (Å²) in [4.78, 5) is 11.2. The molecule has 1 saturated carbocycles. The maximum atomic E-state index is 6.28. The smallest absolute Gasteiger partial charge is 0.151 e. The molecule has 1 aliphatic carbocycles. The highest BCUT2D eigenvalue weighted by Crippen LogP contribution is 2.40. The standard InChI is InChI=1S/C22H25ClN6/c1-14-24-10-9-19(25-14)15-3-5-16(6-4-15)22-27-26-21-13-28(2)12-17-11-18(23)7-8-20(17)29(21)22/h7-11,15-16H,3-6,12-13H2,1-2H3/t15-,16-. The number of nitrogens with zero attached hydrogens (tertiary/aromatic N) is 6. The van der Waals surface area contributed by atoms with Crippen LogP contribution in [0.15, 0.2) is 30.5 Å². The third kappa shape index (κ3) is 3.55. The molecule has 150 valence electrons. The van der Waals surface area contributed by atoms with E-state index in [-0.39, 0.29) is 0 Å². The van der Waals surface area contributed by atoms with Crippen molar-refractivity contribution >= 4 is 11.6 Å². The lowest BCUT2D eigenvalue weighted by Gasteiger charge is -2.28. The van der Waals surface area contributed by atoms with Gasteiger partial charge in [0.15, 0.2) is 5.82 Å². The second-order valence-corrected chi connectivity index (χ2v) is 8.77. The van der Waals surface area contributed by atoms with E-state index in [1.807, 2.05) is 19.2 Å². The van der Waals surface area contributed by atoms with Crippen molar-refractivity contribution in [3.8, 4) is 5.69 Å². The molecule has 0 radical (unpaired) electrons. The van der Waals surface area contributed by atoms with Gasteiger partial charge in [-0.15, -0.1) is 10.2 Å². The van der Waals surface area contributed by atoms with Crippen LogP contribution in [-0.4, -0.2) is 36.7 Å². The van der Waals surface area contributed by atoms with Gasteiger partial charge in [0.1, 0.15) is 11.6 Å². The fourth-order valence-corrected chi connectivity index (χ4v) is 4.99. The molecule has 6 nitrogen and oxygen atoms in total. The van der Waals surface area contributed by atoms with Gasteiger partial charge in [-0.3, -0.25) is 9.47 Å². The summed E-state index contributed by atoms with van der Waals surface area (Å²) in [5.41, 5.74) is 3.57. The first-order valence-electron chi connectivity index (χ1n) is 10.3. The molecule has 0 amide bonds. The van der Waals surface area contributed by atoms with E-state index in [2.05, 4.69) is 54.9 Å². The van der Waals surface area contributed by atoms with Crippen LogP contribution in [0, 0.1) is 6.92 Å². The van der Waals surface area contributed by atoms with E-state index in [0.29, 0.717) is 11.8 Å². The van der Waals surface area contributed by atoms with E-state index in [9.17, 15) is 0 Å². The molecular weight excluding hydrogens is 384 g/mol. The summed E-state index contributed by atoms with van der Waals surface area (Å²) >= 11 is 6.28. The third-order valence-electron chi connectivity index (χ3n) is 6.20. The minimum atomic E-state index is 0.419.